The average Bonchev–Trinajstić information content (AvgIpc) is 3.24. The highest BCUT2D eigenvalue weighted by molar-refractivity contribution is 7.09. The Morgan fingerprint density at radius 3 is 3.04 bits per heavy atom. The number of nitrogens with zero attached hydrogens (tertiary/aromatic N) is 2. The van der Waals surface area contributed by atoms with Crippen molar-refractivity contribution in [3.8, 4) is 5.75 Å². The third kappa shape index (κ3) is 4.43. The van der Waals surface area contributed by atoms with Crippen LogP contribution in [-0.4, -0.2) is 35.5 Å². The van der Waals surface area contributed by atoms with Crippen molar-refractivity contribution in [2.24, 2.45) is 0 Å². The summed E-state index contributed by atoms with van der Waals surface area (Å²) in [6, 6.07) is 8.44. The smallest absolute Gasteiger partial charge is 0.223 e. The molecular formula is C20H27N3O2S. The molecular weight excluding hydrogens is 346 g/mol. The Balaban J connectivity index is 1.52. The van der Waals surface area contributed by atoms with E-state index in [9.17, 15) is 4.79 Å². The Labute approximate surface area is 159 Å². The number of aromatic nitrogens is 1. The summed E-state index contributed by atoms with van der Waals surface area (Å²) in [6.45, 7) is 5.79. The molecule has 1 saturated heterocycles. The summed E-state index contributed by atoms with van der Waals surface area (Å²) in [4.78, 5) is 19.0. The van der Waals surface area contributed by atoms with Gasteiger partial charge in [0.2, 0.25) is 5.91 Å². The number of nitrogens with one attached hydrogen (secondary N) is 1. The van der Waals surface area contributed by atoms with Gasteiger partial charge < -0.3 is 15.0 Å². The quantitative estimate of drug-likeness (QED) is 0.717. The molecule has 1 aliphatic heterocycles. The summed E-state index contributed by atoms with van der Waals surface area (Å²) in [6.07, 6.45) is 2.55. The molecule has 0 saturated carbocycles. The van der Waals surface area contributed by atoms with E-state index in [1.54, 1.807) is 18.4 Å². The lowest BCUT2D eigenvalue weighted by atomic mass is 10.1. The third-order valence-electron chi connectivity index (χ3n) is 4.97. The average molecular weight is 374 g/mol. The van der Waals surface area contributed by atoms with Crippen LogP contribution in [0.25, 0.3) is 0 Å². The number of hydrogen-bond acceptors (Lipinski definition) is 5. The molecule has 0 aliphatic carbocycles. The predicted octanol–water partition coefficient (Wildman–Crippen LogP) is 3.69. The SMILES string of the molecule is COc1cccc(CNCC[C@H]2CCC(=O)N2[C@@H](C)c2csc(C)n2)c1. The van der Waals surface area contributed by atoms with Crippen LogP contribution in [0.1, 0.15) is 48.5 Å². The molecule has 1 aromatic carbocycles. The van der Waals surface area contributed by atoms with Crippen LogP contribution in [-0.2, 0) is 11.3 Å². The van der Waals surface area contributed by atoms with Gasteiger partial charge in [-0.05, 0) is 50.9 Å². The van der Waals surface area contributed by atoms with Crippen LogP contribution < -0.4 is 10.1 Å². The fourth-order valence-electron chi connectivity index (χ4n) is 3.58. The molecule has 1 N–H and O–H groups in total. The second kappa shape index (κ2) is 8.64. The molecule has 1 amide bonds. The van der Waals surface area contributed by atoms with Crippen molar-refractivity contribution in [3.05, 3.63) is 45.9 Å². The Hall–Kier alpha value is -1.92. The predicted molar refractivity (Wildman–Crippen MR) is 104 cm³/mol. The fraction of sp³-hybridized carbons (Fsp3) is 0.500. The lowest BCUT2D eigenvalue weighted by Gasteiger charge is -2.30. The number of hydrogen-bond donors (Lipinski definition) is 1. The van der Waals surface area contributed by atoms with Gasteiger partial charge in [-0.25, -0.2) is 4.98 Å². The molecule has 2 atom stereocenters. The molecule has 5 nitrogen and oxygen atoms in total. The van der Waals surface area contributed by atoms with Gasteiger partial charge in [0.15, 0.2) is 0 Å². The third-order valence-corrected chi connectivity index (χ3v) is 5.76. The van der Waals surface area contributed by atoms with Gasteiger partial charge in [0.1, 0.15) is 5.75 Å². The van der Waals surface area contributed by atoms with Gasteiger partial charge in [0.05, 0.1) is 23.9 Å². The highest BCUT2D eigenvalue weighted by Gasteiger charge is 2.35. The number of amides is 1. The number of carbonyl (C=O) groups excluding carboxylic acids is 1. The van der Waals surface area contributed by atoms with E-state index in [-0.39, 0.29) is 18.0 Å². The largest absolute Gasteiger partial charge is 0.497 e. The van der Waals surface area contributed by atoms with Gasteiger partial charge in [0.25, 0.3) is 0 Å². The molecule has 1 fully saturated rings. The first kappa shape index (κ1) is 18.9. The summed E-state index contributed by atoms with van der Waals surface area (Å²) in [5.41, 5.74) is 2.21. The first-order valence-corrected chi connectivity index (χ1v) is 10.0. The maximum Gasteiger partial charge on any atom is 0.223 e. The number of aryl methyl sites for hydroxylation is 1. The van der Waals surface area contributed by atoms with Crippen LogP contribution in [0.3, 0.4) is 0 Å². The van der Waals surface area contributed by atoms with Gasteiger partial charge in [-0.3, -0.25) is 4.79 Å². The maximum atomic E-state index is 12.4. The first-order valence-electron chi connectivity index (χ1n) is 9.15. The van der Waals surface area contributed by atoms with E-state index in [1.165, 1.54) is 5.56 Å². The molecule has 3 rings (SSSR count). The number of rotatable bonds is 8. The van der Waals surface area contributed by atoms with Crippen molar-refractivity contribution < 1.29 is 9.53 Å². The molecule has 140 valence electrons. The Bertz CT molecular complexity index is 746. The summed E-state index contributed by atoms with van der Waals surface area (Å²) >= 11 is 1.64. The van der Waals surface area contributed by atoms with E-state index in [0.717, 1.165) is 42.4 Å². The summed E-state index contributed by atoms with van der Waals surface area (Å²) < 4.78 is 5.26. The highest BCUT2D eigenvalue weighted by Crippen LogP contribution is 2.32. The minimum atomic E-state index is 0.0540. The standard InChI is InChI=1S/C20H27N3O2S/c1-14(19-13-26-15(2)22-19)23-17(7-8-20(23)24)9-10-21-12-16-5-4-6-18(11-16)25-3/h4-6,11,13-14,17,21H,7-10,12H2,1-3H3/t14-,17+/m0/s1. The van der Waals surface area contributed by atoms with Crippen molar-refractivity contribution in [2.75, 3.05) is 13.7 Å². The van der Waals surface area contributed by atoms with Gasteiger partial charge in [-0.15, -0.1) is 11.3 Å². The van der Waals surface area contributed by atoms with Crippen LogP contribution in [0.4, 0.5) is 0 Å². The molecule has 2 aromatic rings. The minimum Gasteiger partial charge on any atom is -0.497 e. The molecule has 1 aliphatic rings. The van der Waals surface area contributed by atoms with E-state index in [2.05, 4.69) is 28.7 Å². The van der Waals surface area contributed by atoms with Gasteiger partial charge in [0, 0.05) is 24.4 Å². The van der Waals surface area contributed by atoms with Crippen molar-refractivity contribution in [1.82, 2.24) is 15.2 Å². The summed E-state index contributed by atoms with van der Waals surface area (Å²) in [7, 11) is 1.68. The van der Waals surface area contributed by atoms with Crippen LogP contribution in [0.2, 0.25) is 0 Å². The fourth-order valence-corrected chi connectivity index (χ4v) is 4.27. The zero-order chi connectivity index (χ0) is 18.5. The summed E-state index contributed by atoms with van der Waals surface area (Å²) in [5.74, 6) is 1.13. The number of likely N-dealkylation sites (tertiary alicyclic amines) is 1. The van der Waals surface area contributed by atoms with Crippen molar-refractivity contribution in [2.45, 2.75) is 51.7 Å². The zero-order valence-electron chi connectivity index (χ0n) is 15.7. The number of ether oxygens (including phenoxy) is 1. The first-order chi connectivity index (χ1) is 12.6. The zero-order valence-corrected chi connectivity index (χ0v) is 16.5. The van der Waals surface area contributed by atoms with Crippen molar-refractivity contribution >= 4 is 17.2 Å². The Morgan fingerprint density at radius 1 is 1.46 bits per heavy atom. The van der Waals surface area contributed by atoms with Crippen LogP contribution >= 0.6 is 11.3 Å². The molecule has 2 heterocycles. The van der Waals surface area contributed by atoms with Crippen LogP contribution in [0, 0.1) is 6.92 Å². The molecule has 6 heteroatoms. The second-order valence-corrected chi connectivity index (χ2v) is 7.84. The molecule has 26 heavy (non-hydrogen) atoms. The van der Waals surface area contributed by atoms with Crippen molar-refractivity contribution in [1.29, 1.82) is 0 Å². The molecule has 0 spiro atoms. The summed E-state index contributed by atoms with van der Waals surface area (Å²) in [5, 5.41) is 6.62. The molecule has 1 aromatic heterocycles. The Morgan fingerprint density at radius 2 is 2.31 bits per heavy atom. The number of methoxy groups -OCH3 is 1. The van der Waals surface area contributed by atoms with Crippen LogP contribution in [0.15, 0.2) is 29.6 Å². The molecule has 0 unspecified atom stereocenters. The van der Waals surface area contributed by atoms with Gasteiger partial charge in [-0.1, -0.05) is 12.1 Å². The van der Waals surface area contributed by atoms with Gasteiger partial charge in [-0.2, -0.15) is 0 Å². The van der Waals surface area contributed by atoms with E-state index >= 15 is 0 Å². The van der Waals surface area contributed by atoms with E-state index in [0.29, 0.717) is 6.42 Å². The number of carbonyl (C=O) groups is 1. The highest BCUT2D eigenvalue weighted by atomic mass is 32.1. The van der Waals surface area contributed by atoms with E-state index < -0.39 is 0 Å². The topological polar surface area (TPSA) is 54.5 Å². The Kier molecular flexibility index (Phi) is 6.27. The van der Waals surface area contributed by atoms with Gasteiger partial charge >= 0.3 is 0 Å². The molecule has 0 bridgehead atoms. The van der Waals surface area contributed by atoms with E-state index in [4.69, 9.17) is 4.74 Å². The maximum absolute atomic E-state index is 12.4. The normalized spacial score (nSPS) is 18.3. The van der Waals surface area contributed by atoms with Crippen molar-refractivity contribution in [3.63, 3.8) is 0 Å². The molecule has 0 radical (unpaired) electrons. The monoisotopic (exact) mass is 373 g/mol. The number of thiazole rings is 1. The van der Waals surface area contributed by atoms with E-state index in [1.807, 2.05) is 30.0 Å². The minimum absolute atomic E-state index is 0.0540. The lowest BCUT2D eigenvalue weighted by molar-refractivity contribution is -0.131. The second-order valence-electron chi connectivity index (χ2n) is 6.78. The lowest BCUT2D eigenvalue weighted by Crippen LogP contribution is -2.37. The number of benzene rings is 1. The van der Waals surface area contributed by atoms with Crippen LogP contribution in [0.5, 0.6) is 5.75 Å².